The van der Waals surface area contributed by atoms with E-state index in [-0.39, 0.29) is 18.5 Å². The van der Waals surface area contributed by atoms with E-state index < -0.39 is 11.9 Å². The zero-order valence-electron chi connectivity index (χ0n) is 14.1. The number of hydrogen-bond donors (Lipinski definition) is 1. The Balaban J connectivity index is 1.70. The number of nitrogens with zero attached hydrogens (tertiary/aromatic N) is 1. The number of carbonyl (C=O) groups excluding carboxylic acids is 1. The Morgan fingerprint density at radius 3 is 2.84 bits per heavy atom. The van der Waals surface area contributed by atoms with Crippen LogP contribution in [0, 0.1) is 5.92 Å². The summed E-state index contributed by atoms with van der Waals surface area (Å²) in [4.78, 5) is 26.9. The van der Waals surface area contributed by atoms with Crippen molar-refractivity contribution in [2.45, 2.75) is 32.4 Å². The van der Waals surface area contributed by atoms with Crippen LogP contribution in [0.5, 0.6) is 5.75 Å². The molecule has 0 saturated carbocycles. The lowest BCUT2D eigenvalue weighted by atomic mass is 9.93. The molecule has 5 nitrogen and oxygen atoms in total. The molecule has 0 spiro atoms. The van der Waals surface area contributed by atoms with Gasteiger partial charge in [-0.2, -0.15) is 0 Å². The molecule has 0 radical (unpaired) electrons. The maximum atomic E-state index is 12.8. The van der Waals surface area contributed by atoms with Crippen LogP contribution in [0.4, 0.5) is 0 Å². The molecule has 1 aliphatic heterocycles. The topological polar surface area (TPSA) is 66.8 Å². The van der Waals surface area contributed by atoms with Crippen LogP contribution in [-0.2, 0) is 11.4 Å². The van der Waals surface area contributed by atoms with E-state index in [1.807, 2.05) is 30.5 Å². The van der Waals surface area contributed by atoms with Gasteiger partial charge in [0.1, 0.15) is 12.4 Å². The Kier molecular flexibility index (Phi) is 5.38. The first kappa shape index (κ1) is 17.5. The summed E-state index contributed by atoms with van der Waals surface area (Å²) in [7, 11) is 0. The van der Waals surface area contributed by atoms with Gasteiger partial charge in [0, 0.05) is 23.0 Å². The van der Waals surface area contributed by atoms with Crippen LogP contribution < -0.4 is 4.74 Å². The second-order valence-electron chi connectivity index (χ2n) is 6.31. The average Bonchev–Trinajstić information content (AvgIpc) is 3.13. The first-order valence-corrected chi connectivity index (χ1v) is 9.21. The summed E-state index contributed by atoms with van der Waals surface area (Å²) in [6, 6.07) is 11.1. The molecule has 2 heterocycles. The van der Waals surface area contributed by atoms with Crippen molar-refractivity contribution in [1.29, 1.82) is 0 Å². The van der Waals surface area contributed by atoms with E-state index in [1.54, 1.807) is 34.4 Å². The lowest BCUT2D eigenvalue weighted by Gasteiger charge is -2.36. The summed E-state index contributed by atoms with van der Waals surface area (Å²) < 4.78 is 5.76. The molecular weight excluding hydrogens is 338 g/mol. The summed E-state index contributed by atoms with van der Waals surface area (Å²) in [5.74, 6) is -0.824. The molecule has 1 N–H and O–H groups in total. The maximum absolute atomic E-state index is 12.8. The van der Waals surface area contributed by atoms with E-state index in [0.29, 0.717) is 30.8 Å². The SMILES string of the molecule is CC1CCC(C(=O)O)CN1C(=O)c1cccc(OCc2cccs2)c1. The van der Waals surface area contributed by atoms with Crippen molar-refractivity contribution >= 4 is 23.2 Å². The first-order chi connectivity index (χ1) is 12.0. The summed E-state index contributed by atoms with van der Waals surface area (Å²) in [6.07, 6.45) is 1.32. The third-order valence-corrected chi connectivity index (χ3v) is 5.38. The van der Waals surface area contributed by atoms with Gasteiger partial charge in [0.05, 0.1) is 5.92 Å². The fraction of sp³-hybridized carbons (Fsp3) is 0.368. The molecule has 1 amide bonds. The van der Waals surface area contributed by atoms with E-state index in [1.165, 1.54) is 0 Å². The number of amides is 1. The predicted molar refractivity (Wildman–Crippen MR) is 96.0 cm³/mol. The lowest BCUT2D eigenvalue weighted by molar-refractivity contribution is -0.143. The maximum Gasteiger partial charge on any atom is 0.308 e. The average molecular weight is 359 g/mol. The van der Waals surface area contributed by atoms with Crippen molar-refractivity contribution in [2.75, 3.05) is 6.54 Å². The number of benzene rings is 1. The number of carboxylic acids is 1. The Bertz CT molecular complexity index is 744. The van der Waals surface area contributed by atoms with Gasteiger partial charge in [-0.05, 0) is 49.4 Å². The molecule has 25 heavy (non-hydrogen) atoms. The molecule has 1 saturated heterocycles. The Morgan fingerprint density at radius 2 is 2.12 bits per heavy atom. The zero-order chi connectivity index (χ0) is 17.8. The van der Waals surface area contributed by atoms with Crippen molar-refractivity contribution in [3.63, 3.8) is 0 Å². The van der Waals surface area contributed by atoms with Gasteiger partial charge in [0.15, 0.2) is 0 Å². The number of carboxylic acid groups (broad SMARTS) is 1. The van der Waals surface area contributed by atoms with Crippen molar-refractivity contribution in [1.82, 2.24) is 4.90 Å². The van der Waals surface area contributed by atoms with Crippen LogP contribution in [0.15, 0.2) is 41.8 Å². The van der Waals surface area contributed by atoms with Crippen LogP contribution in [0.3, 0.4) is 0 Å². The van der Waals surface area contributed by atoms with E-state index in [2.05, 4.69) is 0 Å². The Morgan fingerprint density at radius 1 is 1.28 bits per heavy atom. The fourth-order valence-electron chi connectivity index (χ4n) is 3.03. The van der Waals surface area contributed by atoms with Crippen LogP contribution >= 0.6 is 11.3 Å². The van der Waals surface area contributed by atoms with Crippen LogP contribution in [0.2, 0.25) is 0 Å². The normalized spacial score (nSPS) is 20.3. The largest absolute Gasteiger partial charge is 0.488 e. The number of aliphatic carboxylic acids is 1. The molecule has 132 valence electrons. The molecule has 0 aliphatic carbocycles. The van der Waals surface area contributed by atoms with Crippen molar-refractivity contribution in [3.8, 4) is 5.75 Å². The van der Waals surface area contributed by atoms with Gasteiger partial charge in [0.25, 0.3) is 5.91 Å². The van der Waals surface area contributed by atoms with Gasteiger partial charge in [-0.15, -0.1) is 11.3 Å². The molecular formula is C19H21NO4S. The first-order valence-electron chi connectivity index (χ1n) is 8.33. The molecule has 3 rings (SSSR count). The Hall–Kier alpha value is -2.34. The van der Waals surface area contributed by atoms with Gasteiger partial charge in [-0.25, -0.2) is 0 Å². The molecule has 1 fully saturated rings. The number of carbonyl (C=O) groups is 2. The minimum atomic E-state index is -0.835. The van der Waals surface area contributed by atoms with Gasteiger partial charge >= 0.3 is 5.97 Å². The summed E-state index contributed by atoms with van der Waals surface area (Å²) >= 11 is 1.62. The highest BCUT2D eigenvalue weighted by Crippen LogP contribution is 2.25. The Labute approximate surface area is 150 Å². The molecule has 6 heteroatoms. The molecule has 1 aromatic heterocycles. The smallest absolute Gasteiger partial charge is 0.308 e. The van der Waals surface area contributed by atoms with Crippen LogP contribution in [0.25, 0.3) is 0 Å². The van der Waals surface area contributed by atoms with Gasteiger partial charge < -0.3 is 14.7 Å². The molecule has 1 aliphatic rings. The minimum Gasteiger partial charge on any atom is -0.488 e. The number of rotatable bonds is 5. The van der Waals surface area contributed by atoms with Crippen molar-refractivity contribution < 1.29 is 19.4 Å². The third kappa shape index (κ3) is 4.20. The van der Waals surface area contributed by atoms with Gasteiger partial charge in [0.2, 0.25) is 0 Å². The third-order valence-electron chi connectivity index (χ3n) is 4.53. The number of thiophene rings is 1. The van der Waals surface area contributed by atoms with Crippen LogP contribution in [0.1, 0.15) is 35.0 Å². The second kappa shape index (κ2) is 7.70. The monoisotopic (exact) mass is 359 g/mol. The van der Waals surface area contributed by atoms with E-state index >= 15 is 0 Å². The summed E-state index contributed by atoms with van der Waals surface area (Å²) in [5.41, 5.74) is 0.529. The van der Waals surface area contributed by atoms with Gasteiger partial charge in [-0.3, -0.25) is 9.59 Å². The van der Waals surface area contributed by atoms with Crippen LogP contribution in [-0.4, -0.2) is 34.5 Å². The highest BCUT2D eigenvalue weighted by molar-refractivity contribution is 7.09. The van der Waals surface area contributed by atoms with Gasteiger partial charge in [-0.1, -0.05) is 12.1 Å². The van der Waals surface area contributed by atoms with E-state index in [9.17, 15) is 14.7 Å². The number of piperidine rings is 1. The van der Waals surface area contributed by atoms with Crippen molar-refractivity contribution in [2.24, 2.45) is 5.92 Å². The molecule has 2 aromatic rings. The quantitative estimate of drug-likeness (QED) is 0.885. The van der Waals surface area contributed by atoms with Crippen molar-refractivity contribution in [3.05, 3.63) is 52.2 Å². The number of hydrogen-bond acceptors (Lipinski definition) is 4. The zero-order valence-corrected chi connectivity index (χ0v) is 14.9. The summed E-state index contributed by atoms with van der Waals surface area (Å²) in [5, 5.41) is 11.2. The minimum absolute atomic E-state index is 0.0405. The van der Waals surface area contributed by atoms with E-state index in [4.69, 9.17) is 4.74 Å². The molecule has 0 bridgehead atoms. The fourth-order valence-corrected chi connectivity index (χ4v) is 3.64. The lowest BCUT2D eigenvalue weighted by Crippen LogP contribution is -2.47. The summed E-state index contributed by atoms with van der Waals surface area (Å²) in [6.45, 7) is 2.69. The highest BCUT2D eigenvalue weighted by Gasteiger charge is 2.33. The number of likely N-dealkylation sites (tertiary alicyclic amines) is 1. The molecule has 1 aromatic carbocycles. The number of ether oxygens (including phenoxy) is 1. The second-order valence-corrected chi connectivity index (χ2v) is 7.35. The highest BCUT2D eigenvalue weighted by atomic mass is 32.1. The molecule has 2 unspecified atom stereocenters. The predicted octanol–water partition coefficient (Wildman–Crippen LogP) is 3.65. The molecule has 2 atom stereocenters. The van der Waals surface area contributed by atoms with E-state index in [0.717, 1.165) is 4.88 Å². The standard InChI is InChI=1S/C19H21NO4S/c1-13-7-8-15(19(22)23)11-20(13)18(21)14-4-2-5-16(10-14)24-12-17-6-3-9-25-17/h2-6,9-10,13,15H,7-8,11-12H2,1H3,(H,22,23).